The van der Waals surface area contributed by atoms with E-state index in [1.54, 1.807) is 0 Å². The predicted molar refractivity (Wildman–Crippen MR) is 102 cm³/mol. The Labute approximate surface area is 160 Å². The van der Waals surface area contributed by atoms with Gasteiger partial charge >= 0.3 is 6.03 Å². The molecule has 27 heavy (non-hydrogen) atoms. The summed E-state index contributed by atoms with van der Waals surface area (Å²) >= 11 is 0. The molecule has 3 fully saturated rings. The van der Waals surface area contributed by atoms with Crippen LogP contribution in [0.25, 0.3) is 0 Å². The third kappa shape index (κ3) is 3.58. The number of carbonyl (C=O) groups excluding carboxylic acids is 2. The molecule has 1 aromatic rings. The fourth-order valence-corrected chi connectivity index (χ4v) is 4.63. The zero-order valence-corrected chi connectivity index (χ0v) is 16.1. The van der Waals surface area contributed by atoms with Crippen LogP contribution in [0.15, 0.2) is 24.4 Å². The zero-order valence-electron chi connectivity index (χ0n) is 16.1. The molecule has 3 amide bonds. The second kappa shape index (κ2) is 7.56. The highest BCUT2D eigenvalue weighted by atomic mass is 16.2. The van der Waals surface area contributed by atoms with Crippen LogP contribution in [0.3, 0.4) is 0 Å². The molecule has 0 radical (unpaired) electrons. The number of amides is 3. The van der Waals surface area contributed by atoms with Gasteiger partial charge in [-0.2, -0.15) is 0 Å². The summed E-state index contributed by atoms with van der Waals surface area (Å²) in [6, 6.07) is 5.77. The predicted octanol–water partition coefficient (Wildman–Crippen LogP) is 1.66. The van der Waals surface area contributed by atoms with Crippen LogP contribution in [0, 0.1) is 5.92 Å². The summed E-state index contributed by atoms with van der Waals surface area (Å²) in [5, 5.41) is 3.04. The minimum Gasteiger partial charge on any atom is -0.323 e. The van der Waals surface area contributed by atoms with Gasteiger partial charge in [-0.25, -0.2) is 9.69 Å². The largest absolute Gasteiger partial charge is 0.326 e. The van der Waals surface area contributed by atoms with Crippen molar-refractivity contribution in [3.05, 3.63) is 30.1 Å². The Bertz CT molecular complexity index is 689. The van der Waals surface area contributed by atoms with Gasteiger partial charge in [-0.05, 0) is 30.9 Å². The second-order valence-corrected chi connectivity index (χ2v) is 8.14. The van der Waals surface area contributed by atoms with Crippen LogP contribution in [0.5, 0.6) is 0 Å². The van der Waals surface area contributed by atoms with E-state index in [9.17, 15) is 9.59 Å². The van der Waals surface area contributed by atoms with Crippen molar-refractivity contribution >= 4 is 11.9 Å². The lowest BCUT2D eigenvalue weighted by Crippen LogP contribution is -2.55. The number of pyridine rings is 1. The number of urea groups is 1. The van der Waals surface area contributed by atoms with E-state index < -0.39 is 5.54 Å². The van der Waals surface area contributed by atoms with Gasteiger partial charge in [0.25, 0.3) is 5.91 Å². The molecular weight excluding hydrogens is 342 g/mol. The molecule has 7 nitrogen and oxygen atoms in total. The van der Waals surface area contributed by atoms with E-state index >= 15 is 0 Å². The second-order valence-electron chi connectivity index (χ2n) is 8.14. The highest BCUT2D eigenvalue weighted by Crippen LogP contribution is 2.38. The highest BCUT2D eigenvalue weighted by molar-refractivity contribution is 6.07. The molecule has 1 saturated carbocycles. The maximum atomic E-state index is 13.1. The molecule has 0 bridgehead atoms. The number of hydrogen-bond acceptors (Lipinski definition) is 5. The minimum absolute atomic E-state index is 0.0179. The lowest BCUT2D eigenvalue weighted by Gasteiger charge is -2.38. The third-order valence-electron chi connectivity index (χ3n) is 6.42. The standard InChI is InChI=1S/C20H29N5O2/c1-16-6-2-4-8-20(16)18(26)25(19(27)22-20)15-24-12-10-23(11-13-24)14-17-7-3-5-9-21-17/h3,5,7,9,16H,2,4,6,8,10-15H2,1H3,(H,22,27)/t16-,20+/m0/s1. The van der Waals surface area contributed by atoms with Crippen LogP contribution in [0.1, 0.15) is 38.3 Å². The first kappa shape index (κ1) is 18.4. The molecule has 4 rings (SSSR count). The molecule has 1 N–H and O–H groups in total. The third-order valence-corrected chi connectivity index (χ3v) is 6.42. The van der Waals surface area contributed by atoms with Gasteiger partial charge in [0.1, 0.15) is 5.54 Å². The van der Waals surface area contributed by atoms with Gasteiger partial charge in [-0.15, -0.1) is 0 Å². The van der Waals surface area contributed by atoms with Crippen LogP contribution < -0.4 is 5.32 Å². The fraction of sp³-hybridized carbons (Fsp3) is 0.650. The minimum atomic E-state index is -0.657. The molecule has 7 heteroatoms. The molecule has 3 aliphatic rings. The summed E-state index contributed by atoms with van der Waals surface area (Å²) in [5.74, 6) is 0.193. The van der Waals surface area contributed by atoms with Crippen LogP contribution in [-0.4, -0.2) is 70.0 Å². The van der Waals surface area contributed by atoms with Crippen molar-refractivity contribution in [1.29, 1.82) is 0 Å². The first-order valence-electron chi connectivity index (χ1n) is 10.1. The van der Waals surface area contributed by atoms with E-state index in [0.717, 1.165) is 64.1 Å². The fourth-order valence-electron chi connectivity index (χ4n) is 4.63. The van der Waals surface area contributed by atoms with E-state index in [-0.39, 0.29) is 17.9 Å². The Morgan fingerprint density at radius 2 is 1.93 bits per heavy atom. The molecule has 2 atom stereocenters. The van der Waals surface area contributed by atoms with E-state index in [1.165, 1.54) is 4.90 Å². The van der Waals surface area contributed by atoms with Gasteiger partial charge in [0.05, 0.1) is 12.4 Å². The number of piperazine rings is 1. The number of imide groups is 1. The summed E-state index contributed by atoms with van der Waals surface area (Å²) < 4.78 is 0. The van der Waals surface area contributed by atoms with Crippen molar-refractivity contribution in [2.75, 3.05) is 32.8 Å². The van der Waals surface area contributed by atoms with E-state index in [0.29, 0.717) is 6.67 Å². The SMILES string of the molecule is C[C@H]1CCCC[C@@]12NC(=O)N(CN1CCN(Cc3ccccn3)CC1)C2=O. The Hall–Kier alpha value is -1.99. The van der Waals surface area contributed by atoms with Crippen molar-refractivity contribution < 1.29 is 9.59 Å². The van der Waals surface area contributed by atoms with E-state index in [4.69, 9.17) is 0 Å². The number of nitrogens with zero attached hydrogens (tertiary/aromatic N) is 4. The maximum Gasteiger partial charge on any atom is 0.326 e. The van der Waals surface area contributed by atoms with Crippen molar-refractivity contribution in [2.24, 2.45) is 5.92 Å². The smallest absolute Gasteiger partial charge is 0.323 e. The molecule has 3 heterocycles. The molecule has 2 aliphatic heterocycles. The molecule has 0 unspecified atom stereocenters. The van der Waals surface area contributed by atoms with Crippen molar-refractivity contribution in [2.45, 2.75) is 44.7 Å². The summed E-state index contributed by atoms with van der Waals surface area (Å²) in [4.78, 5) is 36.0. The zero-order chi connectivity index (χ0) is 18.9. The normalized spacial score (nSPS) is 30.1. The summed E-state index contributed by atoms with van der Waals surface area (Å²) in [5.41, 5.74) is 0.420. The van der Waals surface area contributed by atoms with E-state index in [2.05, 4.69) is 27.0 Å². The number of carbonyl (C=O) groups is 2. The molecular formula is C20H29N5O2. The molecule has 1 spiro atoms. The first-order chi connectivity index (χ1) is 13.1. The number of nitrogens with one attached hydrogen (secondary N) is 1. The number of aromatic nitrogens is 1. The number of hydrogen-bond donors (Lipinski definition) is 1. The summed E-state index contributed by atoms with van der Waals surface area (Å²) in [7, 11) is 0. The van der Waals surface area contributed by atoms with Crippen LogP contribution >= 0.6 is 0 Å². The van der Waals surface area contributed by atoms with Gasteiger partial charge in [-0.3, -0.25) is 19.6 Å². The van der Waals surface area contributed by atoms with Gasteiger partial charge < -0.3 is 5.32 Å². The molecule has 146 valence electrons. The maximum absolute atomic E-state index is 13.1. The van der Waals surface area contributed by atoms with Crippen LogP contribution in [0.2, 0.25) is 0 Å². The first-order valence-corrected chi connectivity index (χ1v) is 10.1. The van der Waals surface area contributed by atoms with Gasteiger partial charge in [0.15, 0.2) is 0 Å². The molecule has 1 aliphatic carbocycles. The summed E-state index contributed by atoms with van der Waals surface area (Å²) in [6.07, 6.45) is 5.76. The Morgan fingerprint density at radius 3 is 2.63 bits per heavy atom. The summed E-state index contributed by atoms with van der Waals surface area (Å²) in [6.45, 7) is 6.88. The number of rotatable bonds is 4. The Morgan fingerprint density at radius 1 is 1.15 bits per heavy atom. The van der Waals surface area contributed by atoms with Gasteiger partial charge in [0, 0.05) is 38.9 Å². The Balaban J connectivity index is 1.32. The molecule has 0 aromatic carbocycles. The van der Waals surface area contributed by atoms with Gasteiger partial charge in [0.2, 0.25) is 0 Å². The van der Waals surface area contributed by atoms with Gasteiger partial charge in [-0.1, -0.05) is 25.8 Å². The average Bonchev–Trinajstić information content (AvgIpc) is 2.91. The lowest BCUT2D eigenvalue weighted by molar-refractivity contribution is -0.136. The van der Waals surface area contributed by atoms with Crippen LogP contribution in [0.4, 0.5) is 4.79 Å². The molecule has 1 aromatic heterocycles. The highest BCUT2D eigenvalue weighted by Gasteiger charge is 2.55. The van der Waals surface area contributed by atoms with E-state index in [1.807, 2.05) is 24.4 Å². The van der Waals surface area contributed by atoms with Crippen molar-refractivity contribution in [1.82, 2.24) is 25.0 Å². The average molecular weight is 371 g/mol. The van der Waals surface area contributed by atoms with Crippen molar-refractivity contribution in [3.8, 4) is 0 Å². The quantitative estimate of drug-likeness (QED) is 0.815. The van der Waals surface area contributed by atoms with Crippen molar-refractivity contribution in [3.63, 3.8) is 0 Å². The monoisotopic (exact) mass is 371 g/mol. The van der Waals surface area contributed by atoms with Crippen LogP contribution in [-0.2, 0) is 11.3 Å². The molecule has 2 saturated heterocycles. The Kier molecular flexibility index (Phi) is 5.14. The lowest BCUT2D eigenvalue weighted by atomic mass is 9.73. The topological polar surface area (TPSA) is 68.8 Å².